The third kappa shape index (κ3) is 2.10. The molecule has 1 aromatic carbocycles. The first-order chi connectivity index (χ1) is 7.66. The van der Waals surface area contributed by atoms with Gasteiger partial charge in [-0.2, -0.15) is 0 Å². The zero-order valence-electron chi connectivity index (χ0n) is 9.54. The lowest BCUT2D eigenvalue weighted by Crippen LogP contribution is -2.47. The molecule has 1 heterocycles. The van der Waals surface area contributed by atoms with Crippen molar-refractivity contribution in [1.82, 2.24) is 5.32 Å². The highest BCUT2D eigenvalue weighted by Crippen LogP contribution is 2.37. The Hall–Kier alpha value is -0.570. The maximum Gasteiger partial charge on any atom is 0.0949 e. The van der Waals surface area contributed by atoms with Crippen LogP contribution < -0.4 is 5.32 Å². The maximum absolute atomic E-state index is 10.8. The van der Waals surface area contributed by atoms with Crippen molar-refractivity contribution in [2.24, 2.45) is 5.92 Å². The van der Waals surface area contributed by atoms with E-state index in [4.69, 9.17) is 11.6 Å². The lowest BCUT2D eigenvalue weighted by atomic mass is 9.75. The van der Waals surface area contributed by atoms with Crippen LogP contribution in [0.4, 0.5) is 0 Å². The number of hydrogen-bond acceptors (Lipinski definition) is 2. The minimum absolute atomic E-state index is 0.264. The molecule has 1 aliphatic heterocycles. The lowest BCUT2D eigenvalue weighted by molar-refractivity contribution is -0.0478. The van der Waals surface area contributed by atoms with Gasteiger partial charge in [-0.05, 0) is 37.1 Å². The number of benzene rings is 1. The van der Waals surface area contributed by atoms with Crippen molar-refractivity contribution in [2.45, 2.75) is 25.4 Å². The number of rotatable bonds is 2. The summed E-state index contributed by atoms with van der Waals surface area (Å²) in [6, 6.07) is 7.61. The SMILES string of the molecule is CCC1CNCCC1(O)c1cccc(Cl)c1. The zero-order valence-corrected chi connectivity index (χ0v) is 10.3. The molecule has 1 fully saturated rings. The maximum atomic E-state index is 10.8. The van der Waals surface area contributed by atoms with E-state index >= 15 is 0 Å². The molecule has 2 atom stereocenters. The van der Waals surface area contributed by atoms with Crippen LogP contribution in [0.3, 0.4) is 0 Å². The average Bonchev–Trinajstić information content (AvgIpc) is 2.30. The summed E-state index contributed by atoms with van der Waals surface area (Å²) in [6.07, 6.45) is 1.72. The van der Waals surface area contributed by atoms with Crippen molar-refractivity contribution in [2.75, 3.05) is 13.1 Å². The summed E-state index contributed by atoms with van der Waals surface area (Å²) in [4.78, 5) is 0. The van der Waals surface area contributed by atoms with Crippen LogP contribution in [-0.2, 0) is 5.60 Å². The molecule has 2 N–H and O–H groups in total. The van der Waals surface area contributed by atoms with Gasteiger partial charge in [0.25, 0.3) is 0 Å². The van der Waals surface area contributed by atoms with Gasteiger partial charge < -0.3 is 10.4 Å². The van der Waals surface area contributed by atoms with Crippen molar-refractivity contribution in [3.05, 3.63) is 34.9 Å². The van der Waals surface area contributed by atoms with Crippen LogP contribution in [0.2, 0.25) is 5.02 Å². The van der Waals surface area contributed by atoms with Crippen LogP contribution in [0.25, 0.3) is 0 Å². The second kappa shape index (κ2) is 4.74. The summed E-state index contributed by atoms with van der Waals surface area (Å²) in [6.45, 7) is 3.85. The first kappa shape index (κ1) is 11.9. The van der Waals surface area contributed by atoms with Crippen LogP contribution >= 0.6 is 11.6 Å². The van der Waals surface area contributed by atoms with E-state index in [-0.39, 0.29) is 5.92 Å². The van der Waals surface area contributed by atoms with Crippen molar-refractivity contribution in [1.29, 1.82) is 0 Å². The van der Waals surface area contributed by atoms with Gasteiger partial charge in [0.15, 0.2) is 0 Å². The van der Waals surface area contributed by atoms with Gasteiger partial charge in [-0.1, -0.05) is 30.7 Å². The molecule has 1 aliphatic rings. The predicted octanol–water partition coefficient (Wildman–Crippen LogP) is 2.55. The summed E-state index contributed by atoms with van der Waals surface area (Å²) >= 11 is 5.99. The Bertz CT molecular complexity index is 369. The van der Waals surface area contributed by atoms with E-state index in [0.29, 0.717) is 5.02 Å². The highest BCUT2D eigenvalue weighted by atomic mass is 35.5. The number of halogens is 1. The molecule has 0 aromatic heterocycles. The summed E-state index contributed by atoms with van der Waals surface area (Å²) in [5.41, 5.74) is 0.235. The molecular weight excluding hydrogens is 222 g/mol. The molecule has 0 aliphatic carbocycles. The van der Waals surface area contributed by atoms with E-state index in [1.165, 1.54) is 0 Å². The quantitative estimate of drug-likeness (QED) is 0.832. The molecule has 3 heteroatoms. The third-order valence-corrected chi connectivity index (χ3v) is 3.80. The van der Waals surface area contributed by atoms with Crippen molar-refractivity contribution in [3.8, 4) is 0 Å². The first-order valence-corrected chi connectivity index (χ1v) is 6.23. The van der Waals surface area contributed by atoms with Gasteiger partial charge >= 0.3 is 0 Å². The molecule has 1 saturated heterocycles. The number of aliphatic hydroxyl groups is 1. The highest BCUT2D eigenvalue weighted by Gasteiger charge is 2.39. The van der Waals surface area contributed by atoms with E-state index in [2.05, 4.69) is 12.2 Å². The number of nitrogens with one attached hydrogen (secondary N) is 1. The van der Waals surface area contributed by atoms with Crippen molar-refractivity contribution in [3.63, 3.8) is 0 Å². The number of piperidine rings is 1. The molecular formula is C13H18ClNO. The Morgan fingerprint density at radius 1 is 1.56 bits per heavy atom. The van der Waals surface area contributed by atoms with Crippen molar-refractivity contribution >= 4 is 11.6 Å². The molecule has 0 saturated carbocycles. The Morgan fingerprint density at radius 3 is 3.06 bits per heavy atom. The summed E-state index contributed by atoms with van der Waals surface area (Å²) in [5, 5.41) is 14.9. The average molecular weight is 240 g/mol. The second-order valence-electron chi connectivity index (χ2n) is 4.49. The molecule has 0 amide bonds. The molecule has 0 radical (unpaired) electrons. The number of hydrogen-bond donors (Lipinski definition) is 2. The highest BCUT2D eigenvalue weighted by molar-refractivity contribution is 6.30. The Morgan fingerprint density at radius 2 is 2.38 bits per heavy atom. The van der Waals surface area contributed by atoms with Gasteiger partial charge in [0.05, 0.1) is 5.60 Å². The molecule has 16 heavy (non-hydrogen) atoms. The van der Waals surface area contributed by atoms with Crippen LogP contribution in [0.15, 0.2) is 24.3 Å². The minimum atomic E-state index is -0.717. The molecule has 2 nitrogen and oxygen atoms in total. The van der Waals surface area contributed by atoms with Gasteiger partial charge in [-0.25, -0.2) is 0 Å². The fourth-order valence-electron chi connectivity index (χ4n) is 2.55. The van der Waals surface area contributed by atoms with Gasteiger partial charge in [0, 0.05) is 17.5 Å². The minimum Gasteiger partial charge on any atom is -0.385 e. The van der Waals surface area contributed by atoms with E-state index in [1.54, 1.807) is 0 Å². The van der Waals surface area contributed by atoms with Crippen LogP contribution in [0, 0.1) is 5.92 Å². The molecule has 0 spiro atoms. The topological polar surface area (TPSA) is 32.3 Å². The van der Waals surface area contributed by atoms with Gasteiger partial charge in [-0.15, -0.1) is 0 Å². The Labute approximate surface area is 102 Å². The van der Waals surface area contributed by atoms with Crippen molar-refractivity contribution < 1.29 is 5.11 Å². The predicted molar refractivity (Wildman–Crippen MR) is 66.6 cm³/mol. The molecule has 2 rings (SSSR count). The summed E-state index contributed by atoms with van der Waals surface area (Å²) < 4.78 is 0. The van der Waals surface area contributed by atoms with E-state index in [9.17, 15) is 5.11 Å². The lowest BCUT2D eigenvalue weighted by Gasteiger charge is -2.40. The van der Waals surface area contributed by atoms with E-state index in [0.717, 1.165) is 31.5 Å². The largest absolute Gasteiger partial charge is 0.385 e. The fourth-order valence-corrected chi connectivity index (χ4v) is 2.74. The van der Waals surface area contributed by atoms with Gasteiger partial charge in [0.2, 0.25) is 0 Å². The van der Waals surface area contributed by atoms with Crippen LogP contribution in [0.1, 0.15) is 25.3 Å². The monoisotopic (exact) mass is 239 g/mol. The Balaban J connectivity index is 2.34. The molecule has 1 aromatic rings. The second-order valence-corrected chi connectivity index (χ2v) is 4.93. The normalized spacial score (nSPS) is 30.3. The summed E-state index contributed by atoms with van der Waals surface area (Å²) in [7, 11) is 0. The smallest absolute Gasteiger partial charge is 0.0949 e. The summed E-state index contributed by atoms with van der Waals surface area (Å²) in [5.74, 6) is 0.264. The standard InChI is InChI=1S/C13H18ClNO/c1-2-10-9-15-7-6-13(10,16)11-4-3-5-12(14)8-11/h3-5,8,10,15-16H,2,6-7,9H2,1H3. The zero-order chi connectivity index (χ0) is 11.6. The van der Waals surface area contributed by atoms with E-state index < -0.39 is 5.60 Å². The van der Waals surface area contributed by atoms with E-state index in [1.807, 2.05) is 24.3 Å². The molecule has 2 unspecified atom stereocenters. The van der Waals surface area contributed by atoms with Gasteiger partial charge in [0.1, 0.15) is 0 Å². The van der Waals surface area contributed by atoms with Crippen LogP contribution in [0.5, 0.6) is 0 Å². The first-order valence-electron chi connectivity index (χ1n) is 5.86. The fraction of sp³-hybridized carbons (Fsp3) is 0.538. The molecule has 88 valence electrons. The van der Waals surface area contributed by atoms with Crippen LogP contribution in [-0.4, -0.2) is 18.2 Å². The Kier molecular flexibility index (Phi) is 3.53. The van der Waals surface area contributed by atoms with Gasteiger partial charge in [-0.3, -0.25) is 0 Å². The third-order valence-electron chi connectivity index (χ3n) is 3.57. The molecule has 0 bridgehead atoms.